The monoisotopic (exact) mass is 173 g/mol. The summed E-state index contributed by atoms with van der Waals surface area (Å²) in [5, 5.41) is 12.6. The Morgan fingerprint density at radius 1 is 1.54 bits per heavy atom. The van der Waals surface area contributed by atoms with E-state index in [-0.39, 0.29) is 6.61 Å². The van der Waals surface area contributed by atoms with Crippen molar-refractivity contribution in [3.05, 3.63) is 30.2 Å². The number of hydrogen-bond acceptors (Lipinski definition) is 3. The molecule has 4 heteroatoms. The van der Waals surface area contributed by atoms with Gasteiger partial charge in [-0.15, -0.1) is 0 Å². The molecule has 0 atom stereocenters. The maximum absolute atomic E-state index is 8.52. The van der Waals surface area contributed by atoms with Crippen LogP contribution in [0.1, 0.15) is 5.56 Å². The van der Waals surface area contributed by atoms with E-state index in [1.54, 1.807) is 29.2 Å². The lowest BCUT2D eigenvalue weighted by Gasteiger charge is -1.88. The molecule has 0 saturated carbocycles. The fourth-order valence-electron chi connectivity index (χ4n) is 1.05. The highest BCUT2D eigenvalue weighted by molar-refractivity contribution is 5.55. The predicted octanol–water partition coefficient (Wildman–Crippen LogP) is 0.0731. The Morgan fingerprint density at radius 2 is 2.46 bits per heavy atom. The van der Waals surface area contributed by atoms with Crippen LogP contribution in [0, 0.1) is 11.8 Å². The van der Waals surface area contributed by atoms with E-state index >= 15 is 0 Å². The van der Waals surface area contributed by atoms with Gasteiger partial charge >= 0.3 is 0 Å². The van der Waals surface area contributed by atoms with E-state index in [4.69, 9.17) is 5.11 Å². The first-order valence-electron chi connectivity index (χ1n) is 3.80. The van der Waals surface area contributed by atoms with Gasteiger partial charge in [-0.3, -0.25) is 0 Å². The van der Waals surface area contributed by atoms with E-state index in [0.29, 0.717) is 5.65 Å². The van der Waals surface area contributed by atoms with E-state index in [0.717, 1.165) is 5.56 Å². The molecule has 0 amide bonds. The fourth-order valence-corrected chi connectivity index (χ4v) is 1.05. The molecule has 0 saturated heterocycles. The van der Waals surface area contributed by atoms with Crippen molar-refractivity contribution in [3.8, 4) is 11.8 Å². The highest BCUT2D eigenvalue weighted by Gasteiger charge is 1.99. The molecule has 0 aliphatic rings. The Hall–Kier alpha value is -1.86. The summed E-state index contributed by atoms with van der Waals surface area (Å²) in [6, 6.07) is 1.79. The van der Waals surface area contributed by atoms with Gasteiger partial charge in [0.25, 0.3) is 0 Å². The van der Waals surface area contributed by atoms with Crippen molar-refractivity contribution in [1.82, 2.24) is 14.6 Å². The van der Waals surface area contributed by atoms with Crippen LogP contribution in [0.25, 0.3) is 5.65 Å². The summed E-state index contributed by atoms with van der Waals surface area (Å²) in [4.78, 5) is 4.11. The van der Waals surface area contributed by atoms with Crippen molar-refractivity contribution >= 4 is 5.65 Å². The average molecular weight is 173 g/mol. The molecule has 4 nitrogen and oxygen atoms in total. The number of fused-ring (bicyclic) bond motifs is 1. The molecule has 0 bridgehead atoms. The zero-order valence-electron chi connectivity index (χ0n) is 6.81. The van der Waals surface area contributed by atoms with Crippen molar-refractivity contribution < 1.29 is 5.11 Å². The zero-order valence-corrected chi connectivity index (χ0v) is 6.81. The van der Waals surface area contributed by atoms with Gasteiger partial charge in [0.1, 0.15) is 6.61 Å². The van der Waals surface area contributed by atoms with Gasteiger partial charge in [-0.2, -0.15) is 5.10 Å². The molecule has 2 heterocycles. The van der Waals surface area contributed by atoms with Crippen LogP contribution in [0.2, 0.25) is 0 Å². The molecule has 0 aromatic carbocycles. The lowest BCUT2D eigenvalue weighted by Crippen LogP contribution is -1.87. The van der Waals surface area contributed by atoms with Gasteiger partial charge in [0.15, 0.2) is 5.65 Å². The van der Waals surface area contributed by atoms with Crippen molar-refractivity contribution in [2.75, 3.05) is 6.61 Å². The predicted molar refractivity (Wildman–Crippen MR) is 47.0 cm³/mol. The highest BCUT2D eigenvalue weighted by atomic mass is 16.2. The minimum atomic E-state index is -0.149. The summed E-state index contributed by atoms with van der Waals surface area (Å²) in [7, 11) is 0. The van der Waals surface area contributed by atoms with Crippen LogP contribution in [0.15, 0.2) is 24.7 Å². The molecule has 1 N–H and O–H groups in total. The summed E-state index contributed by atoms with van der Waals surface area (Å²) in [5.74, 6) is 5.33. The second kappa shape index (κ2) is 3.25. The highest BCUT2D eigenvalue weighted by Crippen LogP contribution is 2.03. The summed E-state index contributed by atoms with van der Waals surface area (Å²) in [6.45, 7) is -0.149. The first kappa shape index (κ1) is 7.77. The molecule has 64 valence electrons. The number of aromatic nitrogens is 3. The summed E-state index contributed by atoms with van der Waals surface area (Å²) in [5.41, 5.74) is 1.44. The van der Waals surface area contributed by atoms with Crippen LogP contribution < -0.4 is 0 Å². The van der Waals surface area contributed by atoms with E-state index in [9.17, 15) is 0 Å². The summed E-state index contributed by atoms with van der Waals surface area (Å²) in [6.07, 6.45) is 5.11. The molecule has 0 radical (unpaired) electrons. The zero-order chi connectivity index (χ0) is 9.10. The van der Waals surface area contributed by atoms with Crippen LogP contribution in [-0.2, 0) is 0 Å². The average Bonchev–Trinajstić information content (AvgIpc) is 2.58. The fraction of sp³-hybridized carbons (Fsp3) is 0.111. The third kappa shape index (κ3) is 1.37. The largest absolute Gasteiger partial charge is 0.384 e. The maximum Gasteiger partial charge on any atom is 0.170 e. The standard InChI is InChI=1S/C9H7N3O/c13-6-1-3-8-7-11-12-5-2-4-10-9(8)12/h2,4-5,7,13H,6H2. The van der Waals surface area contributed by atoms with Gasteiger partial charge < -0.3 is 5.11 Å². The third-order valence-electron chi connectivity index (χ3n) is 1.58. The lowest BCUT2D eigenvalue weighted by atomic mass is 10.3. The Balaban J connectivity index is 2.58. The first-order chi connectivity index (χ1) is 6.42. The maximum atomic E-state index is 8.52. The van der Waals surface area contributed by atoms with Gasteiger partial charge in [0.2, 0.25) is 0 Å². The number of rotatable bonds is 0. The normalized spacial score (nSPS) is 9.62. The van der Waals surface area contributed by atoms with Crippen LogP contribution in [0.4, 0.5) is 0 Å². The van der Waals surface area contributed by atoms with Crippen molar-refractivity contribution in [1.29, 1.82) is 0 Å². The molecule has 0 aliphatic carbocycles. The molecular formula is C9H7N3O. The SMILES string of the molecule is OCC#Cc1cnn2cccnc12. The van der Waals surface area contributed by atoms with E-state index in [1.165, 1.54) is 0 Å². The van der Waals surface area contributed by atoms with Gasteiger partial charge in [-0.1, -0.05) is 11.8 Å². The van der Waals surface area contributed by atoms with Crippen molar-refractivity contribution in [2.24, 2.45) is 0 Å². The van der Waals surface area contributed by atoms with Gasteiger partial charge in [-0.05, 0) is 6.07 Å². The molecule has 2 rings (SSSR count). The minimum absolute atomic E-state index is 0.149. The number of aliphatic hydroxyl groups is 1. The molecule has 2 aromatic rings. The van der Waals surface area contributed by atoms with Crippen LogP contribution >= 0.6 is 0 Å². The molecule has 0 aliphatic heterocycles. The molecule has 0 spiro atoms. The number of aliphatic hydroxyl groups excluding tert-OH is 1. The molecule has 0 fully saturated rings. The second-order valence-corrected chi connectivity index (χ2v) is 2.41. The minimum Gasteiger partial charge on any atom is -0.384 e. The first-order valence-corrected chi connectivity index (χ1v) is 3.80. The van der Waals surface area contributed by atoms with Gasteiger partial charge in [-0.25, -0.2) is 9.50 Å². The molecule has 0 unspecified atom stereocenters. The van der Waals surface area contributed by atoms with Crippen molar-refractivity contribution in [3.63, 3.8) is 0 Å². The summed E-state index contributed by atoms with van der Waals surface area (Å²) >= 11 is 0. The van der Waals surface area contributed by atoms with Crippen LogP contribution in [0.3, 0.4) is 0 Å². The Labute approximate surface area is 74.8 Å². The second-order valence-electron chi connectivity index (χ2n) is 2.41. The smallest absolute Gasteiger partial charge is 0.170 e. The van der Waals surface area contributed by atoms with E-state index < -0.39 is 0 Å². The number of hydrogen-bond donors (Lipinski definition) is 1. The van der Waals surface area contributed by atoms with Crippen molar-refractivity contribution in [2.45, 2.75) is 0 Å². The summed E-state index contributed by atoms with van der Waals surface area (Å²) < 4.78 is 1.64. The quantitative estimate of drug-likeness (QED) is 0.574. The molecule has 2 aromatic heterocycles. The number of nitrogens with zero attached hydrogens (tertiary/aromatic N) is 3. The van der Waals surface area contributed by atoms with E-state index in [2.05, 4.69) is 21.9 Å². The Kier molecular flexibility index (Phi) is 1.94. The van der Waals surface area contributed by atoms with Crippen LogP contribution in [0.5, 0.6) is 0 Å². The molecule has 13 heavy (non-hydrogen) atoms. The lowest BCUT2D eigenvalue weighted by molar-refractivity contribution is 0.350. The van der Waals surface area contributed by atoms with Gasteiger partial charge in [0.05, 0.1) is 11.8 Å². The Bertz CT molecular complexity index is 478. The van der Waals surface area contributed by atoms with E-state index in [1.807, 2.05) is 0 Å². The third-order valence-corrected chi connectivity index (χ3v) is 1.58. The van der Waals surface area contributed by atoms with Crippen LogP contribution in [-0.4, -0.2) is 26.3 Å². The van der Waals surface area contributed by atoms with Gasteiger partial charge in [0, 0.05) is 12.4 Å². The Morgan fingerprint density at radius 3 is 3.31 bits per heavy atom. The topological polar surface area (TPSA) is 50.4 Å². The molecular weight excluding hydrogens is 166 g/mol.